The van der Waals surface area contributed by atoms with Crippen LogP contribution in [-0.2, 0) is 0 Å². The van der Waals surface area contributed by atoms with Crippen molar-refractivity contribution in [3.05, 3.63) is 196 Å². The number of phenols is 3. The Morgan fingerprint density at radius 2 is 0.780 bits per heavy atom. The van der Waals surface area contributed by atoms with Gasteiger partial charge in [-0.25, -0.2) is 9.59 Å². The molecule has 0 fully saturated rings. The number of nitrogens with zero attached hydrogens (tertiary/aromatic N) is 5. The van der Waals surface area contributed by atoms with Crippen LogP contribution in [0.4, 0.5) is 17.1 Å². The summed E-state index contributed by atoms with van der Waals surface area (Å²) in [6.45, 7) is 1.53. The van der Waals surface area contributed by atoms with E-state index in [0.717, 1.165) is 63.4 Å². The van der Waals surface area contributed by atoms with Crippen LogP contribution in [-0.4, -0.2) is 112 Å². The smallest absolute Gasteiger partial charge is 0.337 e. The molecule has 0 saturated carbocycles. The minimum Gasteiger partial charge on any atom is -0.507 e. The van der Waals surface area contributed by atoms with Crippen LogP contribution in [0, 0.1) is 0 Å². The van der Waals surface area contributed by atoms with Crippen LogP contribution in [0.15, 0.2) is 146 Å². The zero-order chi connectivity index (χ0) is 58.5. The normalized spacial score (nSPS) is 15.4. The number of anilines is 3. The summed E-state index contributed by atoms with van der Waals surface area (Å²) in [5, 5.41) is 55.4. The fourth-order valence-electron chi connectivity index (χ4n) is 10.2. The Bertz CT molecular complexity index is 3780. The van der Waals surface area contributed by atoms with Crippen molar-refractivity contribution < 1.29 is 54.3 Å². The molecule has 9 aromatic rings. The Labute approximate surface area is 491 Å². The van der Waals surface area contributed by atoms with Crippen molar-refractivity contribution in [1.29, 1.82) is 0 Å². The van der Waals surface area contributed by atoms with E-state index in [4.69, 9.17) is 68.2 Å². The molecule has 0 spiro atoms. The number of pyridine rings is 3. The summed E-state index contributed by atoms with van der Waals surface area (Å²) >= 11 is 29.0. The lowest BCUT2D eigenvalue weighted by Gasteiger charge is -2.20. The topological polar surface area (TPSA) is 261 Å². The molecule has 2 amide bonds. The van der Waals surface area contributed by atoms with Gasteiger partial charge in [-0.2, -0.15) is 0 Å². The van der Waals surface area contributed by atoms with Gasteiger partial charge in [0.15, 0.2) is 0 Å². The molecule has 0 unspecified atom stereocenters. The first-order valence-corrected chi connectivity index (χ1v) is 27.3. The molecule has 0 saturated heterocycles. The molecule has 416 valence electrons. The number of aromatic carboxylic acids is 2. The number of carbonyl (C=O) groups is 6. The molecule has 0 aliphatic carbocycles. The highest BCUT2D eigenvalue weighted by Crippen LogP contribution is 2.48. The second-order valence-corrected chi connectivity index (χ2v) is 20.6. The van der Waals surface area contributed by atoms with E-state index in [1.807, 2.05) is 72.8 Å². The summed E-state index contributed by atoms with van der Waals surface area (Å²) < 4.78 is 0. The summed E-state index contributed by atoms with van der Waals surface area (Å²) in [7, 11) is 0. The van der Waals surface area contributed by atoms with Crippen LogP contribution in [0.25, 0.3) is 32.3 Å². The maximum atomic E-state index is 13.9. The lowest BCUT2D eigenvalue weighted by atomic mass is 9.95. The Balaban J connectivity index is 0.000000163. The van der Waals surface area contributed by atoms with Gasteiger partial charge in [-0.15, -0.1) is 34.8 Å². The van der Waals surface area contributed by atoms with Gasteiger partial charge in [0, 0.05) is 132 Å². The van der Waals surface area contributed by atoms with Gasteiger partial charge >= 0.3 is 11.9 Å². The number of rotatable bonds is 9. The number of nitrogens with one attached hydrogen (secondary N) is 1. The molecule has 12 rings (SSSR count). The SMILES string of the molecule is O=C(Cl)c1cncc(C(=O)Cl)c1.O=C(O)c1cncc(C(=O)O)c1.O=C(c1cncc(C(=O)N2C[C@@H](CCl)c3c2cc(O)c2ccccc32)c1)N1C[C@@H](CCl)c2c1cc(O)c1ccccc21.Oc1cc2c(c3ccccc13)[C@H](CCl)CN2. The molecular weight excluding hydrogens is 1160 g/mol. The molecule has 6 aromatic carbocycles. The fourth-order valence-corrected chi connectivity index (χ4v) is 11.2. The van der Waals surface area contributed by atoms with Gasteiger partial charge in [-0.1, -0.05) is 72.8 Å². The number of amides is 2. The number of carboxylic acid groups (broad SMARTS) is 2. The number of alkyl halides is 3. The molecule has 17 nitrogen and oxygen atoms in total. The van der Waals surface area contributed by atoms with E-state index in [9.17, 15) is 44.1 Å². The third-order valence-electron chi connectivity index (χ3n) is 14.0. The van der Waals surface area contributed by atoms with Gasteiger partial charge in [0.25, 0.3) is 22.3 Å². The maximum absolute atomic E-state index is 13.9. The third kappa shape index (κ3) is 11.8. The predicted octanol–water partition coefficient (Wildman–Crippen LogP) is 12.4. The molecular formula is C60H45Cl5N6O11. The number of hydrogen-bond acceptors (Lipinski definition) is 13. The van der Waals surface area contributed by atoms with Crippen LogP contribution in [0.5, 0.6) is 17.2 Å². The summed E-state index contributed by atoms with van der Waals surface area (Å²) in [6.07, 6.45) is 7.58. The Morgan fingerprint density at radius 3 is 1.16 bits per heavy atom. The van der Waals surface area contributed by atoms with Crippen LogP contribution >= 0.6 is 58.0 Å². The van der Waals surface area contributed by atoms with Crippen molar-refractivity contribution in [3.63, 3.8) is 0 Å². The number of benzene rings is 6. The van der Waals surface area contributed by atoms with Crippen LogP contribution in [0.2, 0.25) is 0 Å². The second-order valence-electron chi connectivity index (χ2n) is 19.0. The minimum absolute atomic E-state index is 0.0803. The molecule has 6 heterocycles. The largest absolute Gasteiger partial charge is 0.507 e. The number of phenolic OH excluding ortho intramolecular Hbond substituents is 3. The summed E-state index contributed by atoms with van der Waals surface area (Å²) in [5.74, 6) is -1.26. The third-order valence-corrected chi connectivity index (χ3v) is 15.6. The second kappa shape index (κ2) is 25.1. The molecule has 3 aliphatic heterocycles. The van der Waals surface area contributed by atoms with Gasteiger partial charge < -0.3 is 40.6 Å². The van der Waals surface area contributed by atoms with Crippen LogP contribution in [0.1, 0.15) is 96.6 Å². The van der Waals surface area contributed by atoms with Gasteiger partial charge in [0.1, 0.15) is 17.2 Å². The number of aromatic nitrogens is 3. The quantitative estimate of drug-likeness (QED) is 0.0580. The first-order valence-electron chi connectivity index (χ1n) is 24.9. The first kappa shape index (κ1) is 58.1. The number of fused-ring (bicyclic) bond motifs is 9. The molecule has 0 radical (unpaired) electrons. The maximum Gasteiger partial charge on any atom is 0.337 e. The Hall–Kier alpha value is -8.58. The fraction of sp³-hybridized carbons (Fsp3) is 0.150. The highest BCUT2D eigenvalue weighted by molar-refractivity contribution is 6.69. The number of carbonyl (C=O) groups excluding carboxylic acids is 4. The molecule has 6 N–H and O–H groups in total. The van der Waals surface area contributed by atoms with Crippen molar-refractivity contribution in [2.45, 2.75) is 17.8 Å². The predicted molar refractivity (Wildman–Crippen MR) is 316 cm³/mol. The van der Waals surface area contributed by atoms with Crippen molar-refractivity contribution >= 4 is 142 Å². The molecule has 3 aromatic heterocycles. The molecule has 82 heavy (non-hydrogen) atoms. The van der Waals surface area contributed by atoms with Crippen molar-refractivity contribution in [2.24, 2.45) is 0 Å². The van der Waals surface area contributed by atoms with Crippen molar-refractivity contribution in [2.75, 3.05) is 52.4 Å². The van der Waals surface area contributed by atoms with Crippen LogP contribution < -0.4 is 15.1 Å². The highest BCUT2D eigenvalue weighted by atomic mass is 35.5. The monoisotopic (exact) mass is 1200 g/mol. The zero-order valence-electron chi connectivity index (χ0n) is 42.6. The average molecular weight is 1200 g/mol. The highest BCUT2D eigenvalue weighted by Gasteiger charge is 2.38. The van der Waals surface area contributed by atoms with Gasteiger partial charge in [0.05, 0.1) is 44.8 Å². The van der Waals surface area contributed by atoms with Crippen LogP contribution in [0.3, 0.4) is 0 Å². The van der Waals surface area contributed by atoms with E-state index in [2.05, 4.69) is 20.3 Å². The van der Waals surface area contributed by atoms with Crippen molar-refractivity contribution in [3.8, 4) is 17.2 Å². The summed E-state index contributed by atoms with van der Waals surface area (Å²) in [6, 6.07) is 31.8. The lowest BCUT2D eigenvalue weighted by Crippen LogP contribution is -2.32. The van der Waals surface area contributed by atoms with E-state index >= 15 is 0 Å². The van der Waals surface area contributed by atoms with E-state index in [1.54, 1.807) is 34.1 Å². The average Bonchev–Trinajstić information content (AvgIpc) is 4.25. The summed E-state index contributed by atoms with van der Waals surface area (Å²) in [4.78, 5) is 84.2. The van der Waals surface area contributed by atoms with E-state index in [0.29, 0.717) is 64.5 Å². The van der Waals surface area contributed by atoms with E-state index < -0.39 is 22.4 Å². The standard InChI is InChI=1S/C33H25Cl2N3O4.C13H12ClNO.C7H3Cl2NO2.C7H5NO4/c34-12-20-16-37(26-10-28(39)22-5-1-3-7-24(22)30(20)26)32(41)18-9-19(15-36-14-18)33(42)38-17-21(13-35)31-25-8-4-2-6-23(25)29(40)11-27(31)38;14-6-8-7-15-11-5-12(16)9-3-1-2-4-10(9)13(8)11;8-6(11)4-1-5(7(9)12)3-10-2-4;9-6(10)4-1-5(7(11)12)3-8-2-4/h1-11,14-15,20-21,39-40H,12-13,16-17H2;1-5,8,15-16H,6-7H2;1-3H;1-3H,(H,9,10)(H,11,12)/t20-,21-;8-;;/m11../s1. The minimum atomic E-state index is -1.19. The Kier molecular flexibility index (Phi) is 17.7. The number of carboxylic acids is 2. The van der Waals surface area contributed by atoms with Gasteiger partial charge in [-0.05, 0) is 74.3 Å². The first-order chi connectivity index (χ1) is 39.4. The van der Waals surface area contributed by atoms with Gasteiger partial charge in [-0.3, -0.25) is 34.1 Å². The molecule has 0 bridgehead atoms. The van der Waals surface area contributed by atoms with Crippen molar-refractivity contribution in [1.82, 2.24) is 15.0 Å². The van der Waals surface area contributed by atoms with E-state index in [-0.39, 0.29) is 68.5 Å². The lowest BCUT2D eigenvalue weighted by molar-refractivity contribution is 0.0695. The zero-order valence-corrected chi connectivity index (χ0v) is 46.4. The number of halogens is 5. The summed E-state index contributed by atoms with van der Waals surface area (Å²) in [5.41, 5.74) is 5.81. The van der Waals surface area contributed by atoms with E-state index in [1.165, 1.54) is 36.4 Å². The number of hydrogen-bond donors (Lipinski definition) is 6. The van der Waals surface area contributed by atoms with Gasteiger partial charge in [0.2, 0.25) is 0 Å². The number of aromatic hydroxyl groups is 3. The Morgan fingerprint density at radius 1 is 0.451 bits per heavy atom. The molecule has 3 atom stereocenters. The molecule has 3 aliphatic rings. The molecule has 22 heteroatoms.